The van der Waals surface area contributed by atoms with Crippen LogP contribution in [0.4, 0.5) is 0 Å². The van der Waals surface area contributed by atoms with Gasteiger partial charge in [0.1, 0.15) is 5.82 Å². The van der Waals surface area contributed by atoms with Crippen LogP contribution in [0.15, 0.2) is 35.1 Å². The van der Waals surface area contributed by atoms with Crippen molar-refractivity contribution in [1.29, 1.82) is 0 Å². The summed E-state index contributed by atoms with van der Waals surface area (Å²) < 4.78 is 3.24. The molecule has 1 unspecified atom stereocenters. The lowest BCUT2D eigenvalue weighted by Crippen LogP contribution is -2.25. The highest BCUT2D eigenvalue weighted by Crippen LogP contribution is 2.26. The van der Waals surface area contributed by atoms with Gasteiger partial charge in [-0.1, -0.05) is 35.0 Å². The molecule has 0 aliphatic rings. The first-order chi connectivity index (χ1) is 9.13. The van der Waals surface area contributed by atoms with Gasteiger partial charge >= 0.3 is 0 Å². The molecule has 0 saturated carbocycles. The molecule has 0 aliphatic heterocycles. The van der Waals surface area contributed by atoms with Crippen LogP contribution in [0.5, 0.6) is 0 Å². The lowest BCUT2D eigenvalue weighted by Gasteiger charge is -2.21. The van der Waals surface area contributed by atoms with Crippen LogP contribution in [0, 0.1) is 6.92 Å². The Balaban J connectivity index is 2.29. The van der Waals surface area contributed by atoms with Gasteiger partial charge in [-0.2, -0.15) is 0 Å². The largest absolute Gasteiger partial charge is 0.338 e. The van der Waals surface area contributed by atoms with E-state index in [0.717, 1.165) is 23.3 Å². The van der Waals surface area contributed by atoms with Crippen molar-refractivity contribution in [1.82, 2.24) is 14.9 Å². The maximum absolute atomic E-state index is 4.43. The summed E-state index contributed by atoms with van der Waals surface area (Å²) in [6.07, 6.45) is 4.74. The summed E-state index contributed by atoms with van der Waals surface area (Å²) >= 11 is 3.61. The number of nitrogens with zero attached hydrogens (tertiary/aromatic N) is 2. The summed E-state index contributed by atoms with van der Waals surface area (Å²) in [7, 11) is 2.04. The van der Waals surface area contributed by atoms with Crippen molar-refractivity contribution in [2.75, 3.05) is 6.54 Å². The second kappa shape index (κ2) is 6.35. The normalized spacial score (nSPS) is 12.6. The first-order valence-electron chi connectivity index (χ1n) is 6.58. The molecule has 1 aromatic heterocycles. The van der Waals surface area contributed by atoms with Crippen LogP contribution in [-0.4, -0.2) is 16.1 Å². The van der Waals surface area contributed by atoms with Crippen LogP contribution < -0.4 is 5.32 Å². The third-order valence-electron chi connectivity index (χ3n) is 3.44. The Bertz CT molecular complexity index is 548. The highest BCUT2D eigenvalue weighted by Gasteiger charge is 2.16. The molecule has 1 aromatic carbocycles. The molecule has 0 fully saturated rings. The van der Waals surface area contributed by atoms with Crippen LogP contribution in [0.1, 0.15) is 29.9 Å². The van der Waals surface area contributed by atoms with E-state index in [-0.39, 0.29) is 0 Å². The van der Waals surface area contributed by atoms with Crippen LogP contribution >= 0.6 is 15.9 Å². The van der Waals surface area contributed by atoms with Gasteiger partial charge in [-0.3, -0.25) is 0 Å². The molecule has 4 heteroatoms. The van der Waals surface area contributed by atoms with E-state index in [1.807, 2.05) is 19.4 Å². The van der Waals surface area contributed by atoms with Crippen LogP contribution in [-0.2, 0) is 13.5 Å². The second-order valence-electron chi connectivity index (χ2n) is 4.72. The van der Waals surface area contributed by atoms with E-state index in [2.05, 4.69) is 62.8 Å². The Labute approximate surface area is 123 Å². The number of aryl methyl sites for hydroxylation is 1. The van der Waals surface area contributed by atoms with Gasteiger partial charge in [-0.15, -0.1) is 0 Å². The van der Waals surface area contributed by atoms with Gasteiger partial charge in [0.15, 0.2) is 0 Å². The molecule has 19 heavy (non-hydrogen) atoms. The van der Waals surface area contributed by atoms with Crippen LogP contribution in [0.2, 0.25) is 0 Å². The van der Waals surface area contributed by atoms with Crippen LogP contribution in [0.3, 0.4) is 0 Å². The molecule has 102 valence electrons. The molecule has 0 radical (unpaired) electrons. The first kappa shape index (κ1) is 14.3. The minimum atomic E-state index is 0.295. The maximum atomic E-state index is 4.43. The van der Waals surface area contributed by atoms with Gasteiger partial charge in [0.25, 0.3) is 0 Å². The van der Waals surface area contributed by atoms with Gasteiger partial charge < -0.3 is 9.88 Å². The summed E-state index contributed by atoms with van der Waals surface area (Å²) in [4.78, 5) is 4.43. The molecule has 0 aliphatic carbocycles. The second-order valence-corrected chi connectivity index (χ2v) is 5.58. The lowest BCUT2D eigenvalue weighted by molar-refractivity contribution is 0.526. The molecule has 0 saturated heterocycles. The monoisotopic (exact) mass is 321 g/mol. The number of hydrogen-bond donors (Lipinski definition) is 1. The van der Waals surface area contributed by atoms with Crippen LogP contribution in [0.25, 0.3) is 0 Å². The Kier molecular flexibility index (Phi) is 4.77. The van der Waals surface area contributed by atoms with E-state index < -0.39 is 0 Å². The van der Waals surface area contributed by atoms with Crippen molar-refractivity contribution < 1.29 is 0 Å². The summed E-state index contributed by atoms with van der Waals surface area (Å²) in [5.41, 5.74) is 2.63. The van der Waals surface area contributed by atoms with Gasteiger partial charge in [-0.05, 0) is 30.7 Å². The number of likely N-dealkylation sites (N-methyl/N-ethyl adjacent to an activating group) is 1. The SMILES string of the molecule is CCNC(Cc1nccn1C)c1cccc(Br)c1C. The van der Waals surface area contributed by atoms with E-state index in [0.29, 0.717) is 6.04 Å². The zero-order chi connectivity index (χ0) is 13.8. The van der Waals surface area contributed by atoms with Crippen molar-refractivity contribution in [3.8, 4) is 0 Å². The van der Waals surface area contributed by atoms with E-state index in [1.165, 1.54) is 11.1 Å². The number of benzene rings is 1. The standard InChI is InChI=1S/C15H20BrN3/c1-4-17-14(10-15-18-8-9-19(15)3)12-6-5-7-13(16)11(12)2/h5-9,14,17H,4,10H2,1-3H3. The molecule has 1 atom stereocenters. The van der Waals surface area contributed by atoms with Crippen molar-refractivity contribution in [2.45, 2.75) is 26.3 Å². The lowest BCUT2D eigenvalue weighted by atomic mass is 9.98. The Morgan fingerprint density at radius 2 is 2.21 bits per heavy atom. The van der Waals surface area contributed by atoms with E-state index in [9.17, 15) is 0 Å². The van der Waals surface area contributed by atoms with Crippen molar-refractivity contribution >= 4 is 15.9 Å². The van der Waals surface area contributed by atoms with E-state index in [4.69, 9.17) is 0 Å². The summed E-state index contributed by atoms with van der Waals surface area (Å²) in [6, 6.07) is 6.66. The number of rotatable bonds is 5. The number of imidazole rings is 1. The minimum absolute atomic E-state index is 0.295. The fourth-order valence-electron chi connectivity index (χ4n) is 2.32. The Morgan fingerprint density at radius 1 is 1.42 bits per heavy atom. The van der Waals surface area contributed by atoms with Gasteiger partial charge in [-0.25, -0.2) is 4.98 Å². The third kappa shape index (κ3) is 3.25. The quantitative estimate of drug-likeness (QED) is 0.914. The molecule has 0 spiro atoms. The molecule has 0 bridgehead atoms. The number of halogens is 1. The zero-order valence-corrected chi connectivity index (χ0v) is 13.2. The fourth-order valence-corrected chi connectivity index (χ4v) is 2.70. The van der Waals surface area contributed by atoms with E-state index in [1.54, 1.807) is 0 Å². The van der Waals surface area contributed by atoms with Crippen molar-refractivity contribution in [2.24, 2.45) is 7.05 Å². The highest BCUT2D eigenvalue weighted by molar-refractivity contribution is 9.10. The Hall–Kier alpha value is -1.13. The molecular formula is C15H20BrN3. The van der Waals surface area contributed by atoms with Crippen molar-refractivity contribution in [3.05, 3.63) is 52.0 Å². The average molecular weight is 322 g/mol. The molecule has 2 rings (SSSR count). The molecule has 1 heterocycles. The molecule has 0 amide bonds. The Morgan fingerprint density at radius 3 is 2.84 bits per heavy atom. The first-order valence-corrected chi connectivity index (χ1v) is 7.37. The number of aromatic nitrogens is 2. The zero-order valence-electron chi connectivity index (χ0n) is 11.7. The predicted octanol–water partition coefficient (Wildman–Crippen LogP) is 3.38. The molecular weight excluding hydrogens is 302 g/mol. The summed E-state index contributed by atoms with van der Waals surface area (Å²) in [5.74, 6) is 1.10. The third-order valence-corrected chi connectivity index (χ3v) is 4.30. The summed E-state index contributed by atoms with van der Waals surface area (Å²) in [6.45, 7) is 5.24. The van der Waals surface area contributed by atoms with Gasteiger partial charge in [0.05, 0.1) is 0 Å². The summed E-state index contributed by atoms with van der Waals surface area (Å²) in [5, 5.41) is 3.56. The molecule has 2 aromatic rings. The smallest absolute Gasteiger partial charge is 0.110 e. The average Bonchev–Trinajstić information content (AvgIpc) is 2.78. The fraction of sp³-hybridized carbons (Fsp3) is 0.400. The maximum Gasteiger partial charge on any atom is 0.110 e. The molecule has 3 nitrogen and oxygen atoms in total. The predicted molar refractivity (Wildman–Crippen MR) is 82.2 cm³/mol. The topological polar surface area (TPSA) is 29.9 Å². The minimum Gasteiger partial charge on any atom is -0.338 e. The van der Waals surface area contributed by atoms with Gasteiger partial charge in [0, 0.05) is 36.4 Å². The van der Waals surface area contributed by atoms with E-state index >= 15 is 0 Å². The van der Waals surface area contributed by atoms with Gasteiger partial charge in [0.2, 0.25) is 0 Å². The molecule has 1 N–H and O–H groups in total. The van der Waals surface area contributed by atoms with Crippen molar-refractivity contribution in [3.63, 3.8) is 0 Å². The number of nitrogens with one attached hydrogen (secondary N) is 1. The number of hydrogen-bond acceptors (Lipinski definition) is 2. The highest BCUT2D eigenvalue weighted by atomic mass is 79.9.